The molecule has 0 bridgehead atoms. The number of aryl methyl sites for hydroxylation is 1. The molecule has 2 aromatic rings. The molecule has 1 amide bonds. The predicted molar refractivity (Wildman–Crippen MR) is 84.2 cm³/mol. The molecule has 3 rings (SSSR count). The van der Waals surface area contributed by atoms with Crippen molar-refractivity contribution < 1.29 is 14.3 Å². The smallest absolute Gasteiger partial charge is 0.231 e. The molecule has 22 heavy (non-hydrogen) atoms. The van der Waals surface area contributed by atoms with Crippen LogP contribution in [0.4, 0.5) is 9.52 Å². The van der Waals surface area contributed by atoms with E-state index in [0.29, 0.717) is 18.0 Å². The summed E-state index contributed by atoms with van der Waals surface area (Å²) in [6.07, 6.45) is 1.70. The van der Waals surface area contributed by atoms with Crippen LogP contribution < -0.4 is 5.32 Å². The molecular weight excluding hydrogens is 303 g/mol. The molecule has 0 radical (unpaired) electrons. The molecule has 6 heteroatoms. The summed E-state index contributed by atoms with van der Waals surface area (Å²) in [5, 5.41) is 13.1. The number of carbonyl (C=O) groups excluding carboxylic acids is 1. The van der Waals surface area contributed by atoms with Gasteiger partial charge in [0.15, 0.2) is 5.13 Å². The van der Waals surface area contributed by atoms with Crippen LogP contribution in [0, 0.1) is 18.7 Å². The van der Waals surface area contributed by atoms with Gasteiger partial charge in [-0.1, -0.05) is 0 Å². The van der Waals surface area contributed by atoms with Crippen LogP contribution >= 0.6 is 11.3 Å². The highest BCUT2D eigenvalue weighted by Crippen LogP contribution is 2.32. The van der Waals surface area contributed by atoms with Gasteiger partial charge in [-0.3, -0.25) is 4.79 Å². The summed E-state index contributed by atoms with van der Waals surface area (Å²) in [7, 11) is 0. The van der Waals surface area contributed by atoms with E-state index in [0.717, 1.165) is 22.6 Å². The molecule has 0 spiro atoms. The second-order valence-corrected chi connectivity index (χ2v) is 6.73. The maximum Gasteiger partial charge on any atom is 0.231 e. The molecule has 1 aliphatic carbocycles. The third-order valence-corrected chi connectivity index (χ3v) is 4.85. The first-order valence-corrected chi connectivity index (χ1v) is 8.08. The van der Waals surface area contributed by atoms with Crippen molar-refractivity contribution in [1.29, 1.82) is 0 Å². The standard InChI is InChI=1S/C16H17FN2O2S/c1-9-14(10-5-7-11(17)8-6-10)18-16(22-9)19-15(21)12-3-2-4-13(12)20/h5-8,12-13,20H,2-4H2,1H3,(H,18,19,21). The number of amides is 1. The number of hydrogen-bond acceptors (Lipinski definition) is 4. The zero-order chi connectivity index (χ0) is 15.7. The van der Waals surface area contributed by atoms with Gasteiger partial charge in [0, 0.05) is 10.4 Å². The van der Waals surface area contributed by atoms with Gasteiger partial charge in [-0.15, -0.1) is 11.3 Å². The first kappa shape index (κ1) is 15.1. The Kier molecular flexibility index (Phi) is 4.22. The van der Waals surface area contributed by atoms with Gasteiger partial charge < -0.3 is 10.4 Å². The molecule has 0 saturated heterocycles. The summed E-state index contributed by atoms with van der Waals surface area (Å²) in [6, 6.07) is 6.12. The van der Waals surface area contributed by atoms with Gasteiger partial charge in [0.2, 0.25) is 5.91 Å². The van der Waals surface area contributed by atoms with Gasteiger partial charge >= 0.3 is 0 Å². The minimum Gasteiger partial charge on any atom is -0.392 e. The highest BCUT2D eigenvalue weighted by atomic mass is 32.1. The molecule has 1 fully saturated rings. The Labute approximate surface area is 132 Å². The number of carbonyl (C=O) groups is 1. The van der Waals surface area contributed by atoms with E-state index in [1.165, 1.54) is 23.5 Å². The number of aliphatic hydroxyl groups excluding tert-OH is 1. The monoisotopic (exact) mass is 320 g/mol. The van der Waals surface area contributed by atoms with Gasteiger partial charge in [0.05, 0.1) is 17.7 Å². The number of aromatic nitrogens is 1. The highest BCUT2D eigenvalue weighted by molar-refractivity contribution is 7.16. The third-order valence-electron chi connectivity index (χ3n) is 3.96. The van der Waals surface area contributed by atoms with Crippen molar-refractivity contribution in [3.63, 3.8) is 0 Å². The van der Waals surface area contributed by atoms with Crippen molar-refractivity contribution in [2.75, 3.05) is 5.32 Å². The molecule has 1 saturated carbocycles. The van der Waals surface area contributed by atoms with Gasteiger partial charge in [-0.25, -0.2) is 9.37 Å². The summed E-state index contributed by atoms with van der Waals surface area (Å²) in [5.74, 6) is -0.816. The lowest BCUT2D eigenvalue weighted by molar-refractivity contribution is -0.122. The van der Waals surface area contributed by atoms with Crippen molar-refractivity contribution in [2.24, 2.45) is 5.92 Å². The van der Waals surface area contributed by atoms with Crippen LogP contribution in [-0.2, 0) is 4.79 Å². The number of hydrogen-bond donors (Lipinski definition) is 2. The van der Waals surface area contributed by atoms with Gasteiger partial charge in [-0.2, -0.15) is 0 Å². The Hall–Kier alpha value is -1.79. The second-order valence-electron chi connectivity index (χ2n) is 5.52. The number of halogens is 1. The fraction of sp³-hybridized carbons (Fsp3) is 0.375. The van der Waals surface area contributed by atoms with Crippen LogP contribution in [0.3, 0.4) is 0 Å². The first-order valence-electron chi connectivity index (χ1n) is 7.27. The van der Waals surface area contributed by atoms with Crippen molar-refractivity contribution in [3.8, 4) is 11.3 Å². The Balaban J connectivity index is 1.77. The number of nitrogens with one attached hydrogen (secondary N) is 1. The number of benzene rings is 1. The van der Waals surface area contributed by atoms with Crippen LogP contribution in [-0.4, -0.2) is 22.1 Å². The van der Waals surface area contributed by atoms with E-state index >= 15 is 0 Å². The molecule has 116 valence electrons. The minimum atomic E-state index is -0.558. The zero-order valence-electron chi connectivity index (χ0n) is 12.2. The fourth-order valence-electron chi connectivity index (χ4n) is 2.77. The summed E-state index contributed by atoms with van der Waals surface area (Å²) in [6.45, 7) is 1.91. The number of rotatable bonds is 3. The molecule has 1 aliphatic rings. The van der Waals surface area contributed by atoms with E-state index in [1.54, 1.807) is 12.1 Å². The zero-order valence-corrected chi connectivity index (χ0v) is 13.0. The molecule has 4 nitrogen and oxygen atoms in total. The maximum absolute atomic E-state index is 13.0. The Morgan fingerprint density at radius 3 is 2.73 bits per heavy atom. The fourth-order valence-corrected chi connectivity index (χ4v) is 3.61. The highest BCUT2D eigenvalue weighted by Gasteiger charge is 2.31. The van der Waals surface area contributed by atoms with Crippen LogP contribution in [0.25, 0.3) is 11.3 Å². The molecule has 1 aromatic carbocycles. The van der Waals surface area contributed by atoms with Gasteiger partial charge in [0.25, 0.3) is 0 Å². The Bertz CT molecular complexity index is 684. The predicted octanol–water partition coefficient (Wildman–Crippen LogP) is 3.36. The normalized spacial score (nSPS) is 21.0. The second kappa shape index (κ2) is 6.14. The SMILES string of the molecule is Cc1sc(NC(=O)C2CCCC2O)nc1-c1ccc(F)cc1. The number of nitrogens with zero attached hydrogens (tertiary/aromatic N) is 1. The lowest BCUT2D eigenvalue weighted by Crippen LogP contribution is -2.28. The Morgan fingerprint density at radius 2 is 2.09 bits per heavy atom. The van der Waals surface area contributed by atoms with Crippen molar-refractivity contribution in [3.05, 3.63) is 35.0 Å². The van der Waals surface area contributed by atoms with E-state index in [-0.39, 0.29) is 17.6 Å². The van der Waals surface area contributed by atoms with Gasteiger partial charge in [0.1, 0.15) is 5.82 Å². The molecule has 0 aliphatic heterocycles. The summed E-state index contributed by atoms with van der Waals surface area (Å²) >= 11 is 1.38. The molecule has 2 atom stereocenters. The van der Waals surface area contributed by atoms with Gasteiger partial charge in [-0.05, 0) is 50.5 Å². The molecule has 2 N–H and O–H groups in total. The average molecular weight is 320 g/mol. The van der Waals surface area contributed by atoms with E-state index in [9.17, 15) is 14.3 Å². The van der Waals surface area contributed by atoms with Crippen molar-refractivity contribution in [1.82, 2.24) is 4.98 Å². The first-order chi connectivity index (χ1) is 10.5. The maximum atomic E-state index is 13.0. The average Bonchev–Trinajstić information content (AvgIpc) is 3.06. The molecular formula is C16H17FN2O2S. The topological polar surface area (TPSA) is 62.2 Å². The van der Waals surface area contributed by atoms with E-state index < -0.39 is 6.10 Å². The third kappa shape index (κ3) is 3.03. The number of anilines is 1. The van der Waals surface area contributed by atoms with Crippen molar-refractivity contribution >= 4 is 22.4 Å². The van der Waals surface area contributed by atoms with E-state index in [2.05, 4.69) is 10.3 Å². The molecule has 2 unspecified atom stereocenters. The van der Waals surface area contributed by atoms with Crippen LogP contribution in [0.15, 0.2) is 24.3 Å². The minimum absolute atomic E-state index is 0.176. The number of aliphatic hydroxyl groups is 1. The lowest BCUT2D eigenvalue weighted by Gasteiger charge is -2.12. The van der Waals surface area contributed by atoms with Crippen LogP contribution in [0.5, 0.6) is 0 Å². The van der Waals surface area contributed by atoms with E-state index in [4.69, 9.17) is 0 Å². The lowest BCUT2D eigenvalue weighted by atomic mass is 10.1. The summed E-state index contributed by atoms with van der Waals surface area (Å²) in [4.78, 5) is 17.6. The van der Waals surface area contributed by atoms with Crippen molar-refractivity contribution in [2.45, 2.75) is 32.3 Å². The summed E-state index contributed by atoms with van der Waals surface area (Å²) < 4.78 is 13.0. The Morgan fingerprint density at radius 1 is 1.36 bits per heavy atom. The van der Waals surface area contributed by atoms with E-state index in [1.807, 2.05) is 6.92 Å². The number of thiazole rings is 1. The molecule has 1 heterocycles. The molecule has 1 aromatic heterocycles. The van der Waals surface area contributed by atoms with Crippen LogP contribution in [0.1, 0.15) is 24.1 Å². The quantitative estimate of drug-likeness (QED) is 0.911. The van der Waals surface area contributed by atoms with Crippen LogP contribution in [0.2, 0.25) is 0 Å². The summed E-state index contributed by atoms with van der Waals surface area (Å²) in [5.41, 5.74) is 1.56. The largest absolute Gasteiger partial charge is 0.392 e.